The van der Waals surface area contributed by atoms with Crippen LogP contribution in [0.4, 0.5) is 5.69 Å². The number of unbranched alkanes of at least 4 members (excludes halogenated alkanes) is 1. The molecule has 1 N–H and O–H groups in total. The van der Waals surface area contributed by atoms with E-state index < -0.39 is 0 Å². The molecule has 1 aromatic rings. The van der Waals surface area contributed by atoms with Gasteiger partial charge in [0.15, 0.2) is 0 Å². The van der Waals surface area contributed by atoms with Gasteiger partial charge in [-0.15, -0.1) is 0 Å². The highest BCUT2D eigenvalue weighted by molar-refractivity contribution is 5.92. The number of nitrogens with zero attached hydrogens (tertiary/aromatic N) is 2. The van der Waals surface area contributed by atoms with Crippen LogP contribution in [0.15, 0.2) is 18.2 Å². The van der Waals surface area contributed by atoms with Gasteiger partial charge in [0.1, 0.15) is 5.75 Å². The normalized spacial score (nSPS) is 19.5. The summed E-state index contributed by atoms with van der Waals surface area (Å²) in [4.78, 5) is 16.5. The van der Waals surface area contributed by atoms with Gasteiger partial charge in [0.25, 0.3) is 0 Å². The van der Waals surface area contributed by atoms with Gasteiger partial charge in [0.2, 0.25) is 5.91 Å². The second-order valence-electron chi connectivity index (χ2n) is 6.92. The summed E-state index contributed by atoms with van der Waals surface area (Å²) >= 11 is 0. The maximum absolute atomic E-state index is 11.6. The van der Waals surface area contributed by atoms with Crippen molar-refractivity contribution in [2.45, 2.75) is 32.1 Å². The number of carbonyl (C=O) groups is 1. The van der Waals surface area contributed by atoms with Crippen LogP contribution in [-0.2, 0) is 11.2 Å². The van der Waals surface area contributed by atoms with Crippen molar-refractivity contribution >= 4 is 11.6 Å². The molecule has 0 aliphatic carbocycles. The average Bonchev–Trinajstić information content (AvgIpc) is 2.76. The number of hydrogen-bond acceptors (Lipinski definition) is 4. The van der Waals surface area contributed by atoms with Crippen LogP contribution in [0.2, 0.25) is 0 Å². The molecule has 132 valence electrons. The van der Waals surface area contributed by atoms with E-state index in [-0.39, 0.29) is 5.91 Å². The smallest absolute Gasteiger partial charge is 0.224 e. The van der Waals surface area contributed by atoms with Crippen LogP contribution in [-0.4, -0.2) is 62.1 Å². The van der Waals surface area contributed by atoms with Crippen molar-refractivity contribution in [1.82, 2.24) is 9.80 Å². The fourth-order valence-corrected chi connectivity index (χ4v) is 3.34. The summed E-state index contributed by atoms with van der Waals surface area (Å²) < 4.78 is 5.91. The van der Waals surface area contributed by atoms with E-state index in [0.717, 1.165) is 37.3 Å². The summed E-state index contributed by atoms with van der Waals surface area (Å²) in [5, 5.41) is 2.96. The molecule has 0 bridgehead atoms. The molecule has 0 saturated carbocycles. The predicted octanol–water partition coefficient (Wildman–Crippen LogP) is 2.37. The van der Waals surface area contributed by atoms with E-state index in [2.05, 4.69) is 28.2 Å². The van der Waals surface area contributed by atoms with Crippen molar-refractivity contribution in [1.29, 1.82) is 0 Å². The third-order valence-corrected chi connectivity index (χ3v) is 4.93. The SMILES string of the molecule is CN1CCN(CCCCOc2ccc3c(c2)CCCC(=O)N3)CC1. The first-order valence-corrected chi connectivity index (χ1v) is 9.17. The molecule has 0 radical (unpaired) electrons. The molecule has 2 aliphatic heterocycles. The molecule has 0 unspecified atom stereocenters. The summed E-state index contributed by atoms with van der Waals surface area (Å²) in [5.41, 5.74) is 2.13. The number of aryl methyl sites for hydroxylation is 1. The van der Waals surface area contributed by atoms with Crippen LogP contribution in [0, 0.1) is 0 Å². The molecule has 2 aliphatic rings. The summed E-state index contributed by atoms with van der Waals surface area (Å²) in [5.74, 6) is 1.04. The van der Waals surface area contributed by atoms with Gasteiger partial charge in [0.05, 0.1) is 6.61 Å². The van der Waals surface area contributed by atoms with Gasteiger partial charge in [-0.05, 0) is 63.0 Å². The Balaban J connectivity index is 1.38. The molecular weight excluding hydrogens is 302 g/mol. The topological polar surface area (TPSA) is 44.8 Å². The van der Waals surface area contributed by atoms with Gasteiger partial charge in [-0.3, -0.25) is 4.79 Å². The lowest BCUT2D eigenvalue weighted by atomic mass is 10.1. The van der Waals surface area contributed by atoms with Crippen LogP contribution in [0.3, 0.4) is 0 Å². The third kappa shape index (κ3) is 4.95. The Morgan fingerprint density at radius 2 is 1.96 bits per heavy atom. The fourth-order valence-electron chi connectivity index (χ4n) is 3.34. The molecule has 24 heavy (non-hydrogen) atoms. The molecule has 1 saturated heterocycles. The van der Waals surface area contributed by atoms with Gasteiger partial charge >= 0.3 is 0 Å². The molecule has 0 atom stereocenters. The van der Waals surface area contributed by atoms with Crippen LogP contribution in [0.25, 0.3) is 0 Å². The molecule has 0 spiro atoms. The highest BCUT2D eigenvalue weighted by Crippen LogP contribution is 2.26. The zero-order valence-electron chi connectivity index (χ0n) is 14.7. The lowest BCUT2D eigenvalue weighted by Gasteiger charge is -2.32. The zero-order valence-corrected chi connectivity index (χ0v) is 14.7. The van der Waals surface area contributed by atoms with E-state index in [0.29, 0.717) is 6.42 Å². The summed E-state index contributed by atoms with van der Waals surface area (Å²) in [6.07, 6.45) is 4.73. The minimum atomic E-state index is 0.117. The first-order valence-electron chi connectivity index (χ1n) is 9.17. The van der Waals surface area contributed by atoms with E-state index in [1.165, 1.54) is 44.7 Å². The number of fused-ring (bicyclic) bond motifs is 1. The molecule has 0 aromatic heterocycles. The number of piperazine rings is 1. The van der Waals surface area contributed by atoms with E-state index >= 15 is 0 Å². The van der Waals surface area contributed by atoms with E-state index in [9.17, 15) is 4.79 Å². The number of hydrogen-bond donors (Lipinski definition) is 1. The Kier molecular flexibility index (Phi) is 6.10. The molecule has 5 heteroatoms. The fraction of sp³-hybridized carbons (Fsp3) is 0.632. The maximum Gasteiger partial charge on any atom is 0.224 e. The van der Waals surface area contributed by atoms with Gasteiger partial charge in [0, 0.05) is 38.3 Å². The Hall–Kier alpha value is -1.59. The zero-order chi connectivity index (χ0) is 16.8. The Bertz CT molecular complexity index is 554. The third-order valence-electron chi connectivity index (χ3n) is 4.93. The summed E-state index contributed by atoms with van der Waals surface area (Å²) in [6, 6.07) is 6.02. The first-order chi connectivity index (χ1) is 11.7. The molecule has 5 nitrogen and oxygen atoms in total. The van der Waals surface area contributed by atoms with Crippen molar-refractivity contribution in [3.05, 3.63) is 23.8 Å². The van der Waals surface area contributed by atoms with Crippen LogP contribution in [0.5, 0.6) is 5.75 Å². The Morgan fingerprint density at radius 1 is 1.12 bits per heavy atom. The monoisotopic (exact) mass is 331 g/mol. The molecule has 3 rings (SSSR count). The van der Waals surface area contributed by atoms with Crippen LogP contribution >= 0.6 is 0 Å². The van der Waals surface area contributed by atoms with Crippen molar-refractivity contribution in [2.24, 2.45) is 0 Å². The second-order valence-corrected chi connectivity index (χ2v) is 6.92. The molecule has 1 amide bonds. The second kappa shape index (κ2) is 8.49. The van der Waals surface area contributed by atoms with E-state index in [1.54, 1.807) is 0 Å². The van der Waals surface area contributed by atoms with Gasteiger partial charge in [-0.2, -0.15) is 0 Å². The van der Waals surface area contributed by atoms with Gasteiger partial charge < -0.3 is 19.9 Å². The van der Waals surface area contributed by atoms with Crippen molar-refractivity contribution in [3.63, 3.8) is 0 Å². The van der Waals surface area contributed by atoms with Crippen molar-refractivity contribution in [2.75, 3.05) is 51.7 Å². The number of ether oxygens (including phenoxy) is 1. The number of benzene rings is 1. The average molecular weight is 331 g/mol. The number of carbonyl (C=O) groups excluding carboxylic acids is 1. The number of anilines is 1. The number of likely N-dealkylation sites (N-methyl/N-ethyl adjacent to an activating group) is 1. The standard InChI is InChI=1S/C19H29N3O2/c1-21-10-12-22(13-11-21)9-2-3-14-24-17-7-8-18-16(15-17)5-4-6-19(23)20-18/h7-8,15H,2-6,9-14H2,1H3,(H,20,23). The minimum absolute atomic E-state index is 0.117. The molecule has 1 fully saturated rings. The van der Waals surface area contributed by atoms with Crippen molar-refractivity contribution < 1.29 is 9.53 Å². The van der Waals surface area contributed by atoms with E-state index in [1.807, 2.05) is 12.1 Å². The Morgan fingerprint density at radius 3 is 2.79 bits per heavy atom. The molecule has 1 aromatic carbocycles. The molecule has 2 heterocycles. The largest absolute Gasteiger partial charge is 0.494 e. The van der Waals surface area contributed by atoms with Crippen LogP contribution < -0.4 is 10.1 Å². The number of rotatable bonds is 6. The molecular formula is C19H29N3O2. The highest BCUT2D eigenvalue weighted by atomic mass is 16.5. The summed E-state index contributed by atoms with van der Waals surface area (Å²) in [6.45, 7) is 6.68. The van der Waals surface area contributed by atoms with Gasteiger partial charge in [-0.1, -0.05) is 0 Å². The lowest BCUT2D eigenvalue weighted by Crippen LogP contribution is -2.44. The van der Waals surface area contributed by atoms with E-state index in [4.69, 9.17) is 4.74 Å². The minimum Gasteiger partial charge on any atom is -0.494 e. The van der Waals surface area contributed by atoms with Crippen molar-refractivity contribution in [3.8, 4) is 5.75 Å². The highest BCUT2D eigenvalue weighted by Gasteiger charge is 2.14. The van der Waals surface area contributed by atoms with Gasteiger partial charge in [-0.25, -0.2) is 0 Å². The predicted molar refractivity (Wildman–Crippen MR) is 96.7 cm³/mol. The first kappa shape index (κ1) is 17.2. The van der Waals surface area contributed by atoms with Crippen LogP contribution in [0.1, 0.15) is 31.2 Å². The lowest BCUT2D eigenvalue weighted by molar-refractivity contribution is -0.116. The number of nitrogens with one attached hydrogen (secondary N) is 1. The quantitative estimate of drug-likeness (QED) is 0.813. The Labute approximate surface area is 145 Å². The number of amides is 1. The summed E-state index contributed by atoms with van der Waals surface area (Å²) in [7, 11) is 2.19. The maximum atomic E-state index is 11.6.